The van der Waals surface area contributed by atoms with Crippen LogP contribution in [0.1, 0.15) is 16.3 Å². The number of carbonyl (C=O) groups is 1. The Kier molecular flexibility index (Phi) is 5.52. The number of hydrogen-bond acceptors (Lipinski definition) is 5. The number of para-hydroxylation sites is 1. The van der Waals surface area contributed by atoms with Crippen molar-refractivity contribution in [2.75, 3.05) is 0 Å². The summed E-state index contributed by atoms with van der Waals surface area (Å²) >= 11 is 5.94. The summed E-state index contributed by atoms with van der Waals surface area (Å²) in [4.78, 5) is 12.4. The third-order valence-electron chi connectivity index (χ3n) is 3.81. The molecule has 1 aromatic carbocycles. The molecule has 2 heterocycles. The largest absolute Gasteiger partial charge is 0.484 e. The zero-order valence-electron chi connectivity index (χ0n) is 13.9. The summed E-state index contributed by atoms with van der Waals surface area (Å²) in [5, 5.41) is 10.3. The van der Waals surface area contributed by atoms with E-state index in [1.54, 1.807) is 29.7 Å². The van der Waals surface area contributed by atoms with Gasteiger partial charge in [-0.2, -0.15) is 0 Å². The lowest BCUT2D eigenvalue weighted by atomic mass is 10.2. The molecule has 0 spiro atoms. The molecular formula is C17H13ClF4N2O4. The van der Waals surface area contributed by atoms with E-state index in [1.807, 2.05) is 0 Å². The average molecular weight is 421 g/mol. The molecule has 0 saturated carbocycles. The van der Waals surface area contributed by atoms with Crippen LogP contribution in [0.4, 0.5) is 17.6 Å². The summed E-state index contributed by atoms with van der Waals surface area (Å²) in [6.45, 7) is -0.135. The van der Waals surface area contributed by atoms with Crippen molar-refractivity contribution in [3.05, 3.63) is 64.7 Å². The van der Waals surface area contributed by atoms with Gasteiger partial charge in [0.05, 0.1) is 10.7 Å². The van der Waals surface area contributed by atoms with Crippen molar-refractivity contribution in [1.29, 1.82) is 0 Å². The molecule has 11 heteroatoms. The summed E-state index contributed by atoms with van der Waals surface area (Å²) < 4.78 is 62.7. The van der Waals surface area contributed by atoms with Gasteiger partial charge in [-0.05, 0) is 24.3 Å². The Balaban J connectivity index is 1.74. The molecule has 2 N–H and O–H groups in total. The minimum Gasteiger partial charge on any atom is -0.484 e. The summed E-state index contributed by atoms with van der Waals surface area (Å²) in [6.07, 6.45) is -6.54. The Morgan fingerprint density at radius 3 is 2.61 bits per heavy atom. The van der Waals surface area contributed by atoms with Crippen LogP contribution in [-0.4, -0.2) is 34.6 Å². The third kappa shape index (κ3) is 3.78. The number of halogens is 5. The number of ether oxygens (including phenoxy) is 1. The number of allylic oxidation sites excluding steroid dienone is 1. The van der Waals surface area contributed by atoms with Gasteiger partial charge in [0, 0.05) is 6.08 Å². The van der Waals surface area contributed by atoms with Gasteiger partial charge in [-0.15, -0.1) is 0 Å². The van der Waals surface area contributed by atoms with Crippen molar-refractivity contribution >= 4 is 17.5 Å². The molecule has 0 fully saturated rings. The Hall–Kier alpha value is -2.72. The highest BCUT2D eigenvalue weighted by atomic mass is 35.5. The van der Waals surface area contributed by atoms with E-state index in [0.717, 1.165) is 6.07 Å². The normalized spacial score (nSPS) is 19.1. The predicted molar refractivity (Wildman–Crippen MR) is 88.8 cm³/mol. The van der Waals surface area contributed by atoms with Gasteiger partial charge in [-0.3, -0.25) is 10.2 Å². The SMILES string of the molecule is O=C(c1ccc(COc2ccccc2Cl)o1)N1NC(C(F)F)=CC1(O)C(F)F. The van der Waals surface area contributed by atoms with Crippen LogP contribution < -0.4 is 10.2 Å². The monoisotopic (exact) mass is 420 g/mol. The number of hydrazine groups is 1. The second-order valence-corrected chi connectivity index (χ2v) is 6.13. The van der Waals surface area contributed by atoms with Crippen molar-refractivity contribution in [1.82, 2.24) is 10.4 Å². The first-order valence-electron chi connectivity index (χ1n) is 7.81. The zero-order chi connectivity index (χ0) is 20.5. The third-order valence-corrected chi connectivity index (χ3v) is 4.12. The van der Waals surface area contributed by atoms with Crippen LogP contribution in [0.3, 0.4) is 0 Å². The Labute approximate surface area is 160 Å². The number of benzene rings is 1. The van der Waals surface area contributed by atoms with E-state index >= 15 is 0 Å². The Morgan fingerprint density at radius 1 is 1.25 bits per heavy atom. The number of aliphatic hydroxyl groups is 1. The van der Waals surface area contributed by atoms with Crippen molar-refractivity contribution in [2.24, 2.45) is 0 Å². The smallest absolute Gasteiger partial charge is 0.311 e. The minimum absolute atomic E-state index is 0.00328. The first-order valence-corrected chi connectivity index (χ1v) is 8.19. The number of carbonyl (C=O) groups excluding carboxylic acids is 1. The van der Waals surface area contributed by atoms with E-state index in [0.29, 0.717) is 10.8 Å². The molecule has 0 bridgehead atoms. The molecule has 1 aliphatic heterocycles. The number of nitrogens with one attached hydrogen (secondary N) is 1. The lowest BCUT2D eigenvalue weighted by Crippen LogP contribution is -2.56. The molecule has 2 aromatic rings. The van der Waals surface area contributed by atoms with E-state index in [9.17, 15) is 27.5 Å². The highest BCUT2D eigenvalue weighted by molar-refractivity contribution is 6.32. The molecule has 0 saturated heterocycles. The van der Waals surface area contributed by atoms with E-state index in [4.69, 9.17) is 20.8 Å². The van der Waals surface area contributed by atoms with Crippen LogP contribution in [-0.2, 0) is 6.61 Å². The number of rotatable bonds is 6. The molecule has 1 amide bonds. The maximum atomic E-state index is 13.2. The van der Waals surface area contributed by atoms with Gasteiger partial charge < -0.3 is 14.3 Å². The number of alkyl halides is 4. The molecule has 150 valence electrons. The Morgan fingerprint density at radius 2 is 1.96 bits per heavy atom. The van der Waals surface area contributed by atoms with Gasteiger partial charge in [0.15, 0.2) is 5.76 Å². The number of nitrogens with zero attached hydrogens (tertiary/aromatic N) is 1. The van der Waals surface area contributed by atoms with Crippen molar-refractivity contribution in [3.8, 4) is 5.75 Å². The molecule has 1 aromatic heterocycles. The predicted octanol–water partition coefficient (Wildman–Crippen LogP) is 3.58. The second kappa shape index (κ2) is 7.72. The van der Waals surface area contributed by atoms with E-state index in [2.05, 4.69) is 0 Å². The summed E-state index contributed by atoms with van der Waals surface area (Å²) in [5.74, 6) is -1.23. The van der Waals surface area contributed by atoms with Crippen LogP contribution in [0, 0.1) is 0 Å². The van der Waals surface area contributed by atoms with E-state index in [-0.39, 0.29) is 23.5 Å². The van der Waals surface area contributed by atoms with Gasteiger partial charge in [-0.25, -0.2) is 22.6 Å². The van der Waals surface area contributed by atoms with E-state index < -0.39 is 35.9 Å². The van der Waals surface area contributed by atoms with Crippen LogP contribution in [0.5, 0.6) is 5.75 Å². The van der Waals surface area contributed by atoms with Crippen LogP contribution in [0.25, 0.3) is 0 Å². The minimum atomic E-state index is -3.54. The van der Waals surface area contributed by atoms with Gasteiger partial charge >= 0.3 is 5.91 Å². The molecule has 28 heavy (non-hydrogen) atoms. The van der Waals surface area contributed by atoms with Crippen LogP contribution in [0.15, 0.2) is 52.6 Å². The van der Waals surface area contributed by atoms with Crippen LogP contribution >= 0.6 is 11.6 Å². The standard InChI is InChI=1S/C17H13ClF4N2O4/c18-10-3-1-2-4-12(10)27-8-9-5-6-13(28-9)15(25)24-17(26,16(21)22)7-11(23-24)14(19)20/h1-7,14,16,23,26H,8H2. The molecule has 1 unspecified atom stereocenters. The average Bonchev–Trinajstić information content (AvgIpc) is 3.26. The maximum absolute atomic E-state index is 13.2. The number of amides is 1. The second-order valence-electron chi connectivity index (χ2n) is 5.72. The van der Waals surface area contributed by atoms with Crippen molar-refractivity contribution in [2.45, 2.75) is 25.2 Å². The fourth-order valence-corrected chi connectivity index (χ4v) is 2.61. The molecule has 1 atom stereocenters. The fraction of sp³-hybridized carbons (Fsp3) is 0.235. The summed E-state index contributed by atoms with van der Waals surface area (Å²) in [6, 6.07) is 9.08. The zero-order valence-corrected chi connectivity index (χ0v) is 14.7. The van der Waals surface area contributed by atoms with Crippen LogP contribution in [0.2, 0.25) is 5.02 Å². The highest BCUT2D eigenvalue weighted by Crippen LogP contribution is 2.31. The maximum Gasteiger partial charge on any atom is 0.311 e. The first-order chi connectivity index (χ1) is 13.2. The first kappa shape index (κ1) is 20.0. The molecule has 0 radical (unpaired) electrons. The molecule has 1 aliphatic rings. The molecule has 3 rings (SSSR count). The van der Waals surface area contributed by atoms with Gasteiger partial charge in [0.2, 0.25) is 5.72 Å². The number of furan rings is 1. The lowest BCUT2D eigenvalue weighted by molar-refractivity contribution is -0.147. The van der Waals surface area contributed by atoms with Gasteiger partial charge in [0.25, 0.3) is 12.9 Å². The van der Waals surface area contributed by atoms with Gasteiger partial charge in [0.1, 0.15) is 18.1 Å². The molecular weight excluding hydrogens is 408 g/mol. The fourth-order valence-electron chi connectivity index (χ4n) is 2.42. The summed E-state index contributed by atoms with van der Waals surface area (Å²) in [7, 11) is 0. The number of hydrogen-bond donors (Lipinski definition) is 2. The molecule has 6 nitrogen and oxygen atoms in total. The van der Waals surface area contributed by atoms with E-state index in [1.165, 1.54) is 6.07 Å². The van der Waals surface area contributed by atoms with Gasteiger partial charge in [-0.1, -0.05) is 23.7 Å². The summed E-state index contributed by atoms with van der Waals surface area (Å²) in [5.41, 5.74) is -2.48. The Bertz CT molecular complexity index is 905. The highest BCUT2D eigenvalue weighted by Gasteiger charge is 2.51. The van der Waals surface area contributed by atoms with Crippen molar-refractivity contribution < 1.29 is 36.6 Å². The topological polar surface area (TPSA) is 74.9 Å². The molecule has 0 aliphatic carbocycles. The lowest BCUT2D eigenvalue weighted by Gasteiger charge is -2.30. The quantitative estimate of drug-likeness (QED) is 0.699. The van der Waals surface area contributed by atoms with Crippen molar-refractivity contribution in [3.63, 3.8) is 0 Å².